The number of benzene rings is 3. The number of aliphatic hydroxyl groups is 3. The molecule has 676 valence electrons. The molecule has 3 spiro atoms. The molecule has 14 N–H and O–H groups in total. The number of amides is 1. The summed E-state index contributed by atoms with van der Waals surface area (Å²) >= 11 is 0. The number of nitrogens with zero attached hydrogens (tertiary/aromatic N) is 3. The lowest BCUT2D eigenvalue weighted by atomic mass is 9.50. The number of unbranched alkanes of at least 4 members (excludes halogenated alkanes) is 1. The second-order valence-corrected chi connectivity index (χ2v) is 35.6. The molecular formula is C92H131N9O22. The monoisotopic (exact) mass is 1710 g/mol. The lowest BCUT2D eigenvalue weighted by molar-refractivity contribution is -0.176. The minimum Gasteiger partial charge on any atom is -0.504 e. The molecule has 0 saturated carbocycles. The second-order valence-electron chi connectivity index (χ2n) is 35.6. The minimum absolute atomic E-state index is 0. The molecule has 0 unspecified atom stereocenters. The molecule has 31 nitrogen and oxygen atoms in total. The Hall–Kier alpha value is -9.31. The lowest BCUT2D eigenvalue weighted by Crippen LogP contribution is -2.74. The van der Waals surface area contributed by atoms with Crippen LogP contribution in [-0.4, -0.2) is 244 Å². The molecule has 1 amide bonds. The Morgan fingerprint density at radius 3 is 1.31 bits per heavy atom. The highest BCUT2D eigenvalue weighted by atomic mass is 16.6. The van der Waals surface area contributed by atoms with E-state index in [1.165, 1.54) is 27.7 Å². The fraction of sp³-hybridized carbons (Fsp3) is 0.620. The predicted molar refractivity (Wildman–Crippen MR) is 457 cm³/mol. The molecule has 123 heavy (non-hydrogen) atoms. The van der Waals surface area contributed by atoms with Crippen molar-refractivity contribution in [2.45, 2.75) is 286 Å². The van der Waals surface area contributed by atoms with E-state index >= 15 is 0 Å². The number of piperidine rings is 3. The predicted octanol–water partition coefficient (Wildman–Crippen LogP) is 6.72. The van der Waals surface area contributed by atoms with Gasteiger partial charge < -0.3 is 121 Å². The van der Waals surface area contributed by atoms with Crippen molar-refractivity contribution < 1.29 is 107 Å². The number of likely N-dealkylation sites (N-methyl/N-ethyl adjacent to an activating group) is 3. The number of carbonyl (C=O) groups excluding carboxylic acids is 7. The zero-order valence-electron chi connectivity index (χ0n) is 70.4. The third-order valence-corrected chi connectivity index (χ3v) is 27.9. The van der Waals surface area contributed by atoms with Gasteiger partial charge in [0.05, 0.1) is 45.9 Å². The van der Waals surface area contributed by atoms with Gasteiger partial charge in [-0.2, -0.15) is 0 Å². The highest BCUT2D eigenvalue weighted by molar-refractivity contribution is 5.87. The first-order valence-corrected chi connectivity index (χ1v) is 42.5. The summed E-state index contributed by atoms with van der Waals surface area (Å²) in [6.07, 6.45) is 8.83. The maximum Gasteiger partial charge on any atom is 0.352 e. The van der Waals surface area contributed by atoms with E-state index < -0.39 is 112 Å². The number of aromatic hydroxyl groups is 3. The first kappa shape index (κ1) is 94.4. The van der Waals surface area contributed by atoms with E-state index in [9.17, 15) is 64.2 Å². The van der Waals surface area contributed by atoms with Gasteiger partial charge in [-0.1, -0.05) is 80.8 Å². The van der Waals surface area contributed by atoms with Crippen LogP contribution in [0.4, 0.5) is 0 Å². The van der Waals surface area contributed by atoms with E-state index in [0.717, 1.165) is 90.8 Å². The van der Waals surface area contributed by atoms with Crippen LogP contribution in [0.15, 0.2) is 96.5 Å². The molecular weight excluding hydrogens is 1580 g/mol. The van der Waals surface area contributed by atoms with Gasteiger partial charge in [0.25, 0.3) is 0 Å². The topological polar surface area (TPSA) is 434 Å². The molecule has 4 fully saturated rings. The standard InChI is InChI=1S/C30H41N3O8.C30H41N3O7.C29H37N3O7.3CH4/c1-16(7-5-6-13-31)26(35)32-17(2)27(36)39-18(3)28(37)40-21-10-11-30(38)22-15-19-8-9-20(34)24-23(19)29(30,25(21)41-24)12-14-33(22)4;1-16(2)14-20(31)17(3)32-12-9-24(35)38-18(4)28(36)39-22-8-10-30(37)23-15-19-6-7-21(34)26-25(19)29(30,27(22)40-26)11-13-33(23)5;1-16(19-5-4-12-31-19)30-13-9-23(34)37-17(2)27(35)38-21-8-10-29(36)22-15-18-6-7-20(33)25-24(18)28(29,26(21)39-25)11-14-32(22)3;;;/h8-10,16-18,22,25,34,38H,5-7,11-15,31H2,1-4H3,(H,32,35);6-8,16,18,20,23,27,32,34,37H,3,9-15,31H2,1-2,4-5H3;6-8,17,19,22,26,30-31,33,36H,1,4-5,9-15H2,2-3H3;3*1H4/t16-,17-,18-,22+,25-,29-,30+;18-,20-,23+,27-,29-,30+;17-,19-,22+,26-,28-,29+;;;/m000.../s1. The van der Waals surface area contributed by atoms with Gasteiger partial charge in [0, 0.05) is 96.6 Å². The summed E-state index contributed by atoms with van der Waals surface area (Å²) < 4.78 is 52.3. The van der Waals surface area contributed by atoms with E-state index in [0.29, 0.717) is 93.4 Å². The van der Waals surface area contributed by atoms with Crippen LogP contribution < -0.4 is 46.9 Å². The molecule has 4 saturated heterocycles. The number of ether oxygens (including phenoxy) is 9. The van der Waals surface area contributed by atoms with Gasteiger partial charge in [0.2, 0.25) is 5.91 Å². The number of nitrogens with two attached hydrogens (primary N) is 2. The van der Waals surface area contributed by atoms with Crippen LogP contribution in [-0.2, 0) is 97.5 Å². The highest BCUT2D eigenvalue weighted by Gasteiger charge is 2.75. The molecule has 7 heterocycles. The molecule has 16 rings (SSSR count). The number of rotatable bonds is 28. The minimum atomic E-state index is -1.26. The van der Waals surface area contributed by atoms with E-state index in [1.54, 1.807) is 43.4 Å². The molecule has 0 radical (unpaired) electrons. The molecule has 7 aliphatic heterocycles. The van der Waals surface area contributed by atoms with Crippen molar-refractivity contribution in [3.63, 3.8) is 0 Å². The summed E-state index contributed by atoms with van der Waals surface area (Å²) in [4.78, 5) is 95.7. The smallest absolute Gasteiger partial charge is 0.352 e. The maximum absolute atomic E-state index is 13.1. The molecule has 3 aromatic rings. The fourth-order valence-electron chi connectivity index (χ4n) is 21.5. The van der Waals surface area contributed by atoms with Crippen molar-refractivity contribution in [2.75, 3.05) is 67.0 Å². The molecule has 0 aromatic heterocycles. The number of nitrogens with one attached hydrogen (secondary N) is 4. The Labute approximate surface area is 721 Å². The van der Waals surface area contributed by atoms with Crippen LogP contribution in [0.2, 0.25) is 0 Å². The quantitative estimate of drug-likeness (QED) is 0.0204. The number of hydrogen-bond donors (Lipinski definition) is 12. The summed E-state index contributed by atoms with van der Waals surface area (Å²) in [5.41, 5.74) is 12.5. The SMILES string of the molecule is C.C.C.C=C(NCCC(=O)O[C@@H](C)C(=O)OC1=CC[C@@]2(O)[C@H]3Cc4ccc(O)c5c4[C@@]2(CCN3C)[C@H]1O5)[C@@H](N)CC(C)C.C=C(NCCC(=O)O[C@@H](C)C(=O)OC1=CC[C@@]2(O)[C@H]3Cc4ccc(O)c5c4[C@@]2(CCN3C)[C@H]1O5)[C@@H]1CCCN1.C[C@H](NC(=O)[C@@H](C)CCCCN)C(=O)O[C@@H](C)C(=O)OC1=CC[C@@]2(O)[C@H]3Cc4ccc(O)c5c4[C@@]2(CCN3C)[C@H]1O5. The summed E-state index contributed by atoms with van der Waals surface area (Å²) in [6.45, 7) is 24.1. The molecule has 31 heteroatoms. The summed E-state index contributed by atoms with van der Waals surface area (Å²) in [5.74, 6) is -2.46. The van der Waals surface area contributed by atoms with Gasteiger partial charge in [0.1, 0.15) is 23.3 Å². The van der Waals surface area contributed by atoms with Crippen molar-refractivity contribution >= 4 is 41.7 Å². The number of phenolic OH excluding ortho intramolecular Hbond substituents is 3. The van der Waals surface area contributed by atoms with Crippen LogP contribution in [0.1, 0.15) is 194 Å². The molecule has 13 aliphatic rings. The number of likely N-dealkylation sites (tertiary alicyclic amines) is 3. The van der Waals surface area contributed by atoms with E-state index in [1.807, 2.05) is 39.3 Å². The number of hydrogen-bond acceptors (Lipinski definition) is 30. The lowest BCUT2D eigenvalue weighted by Gasteiger charge is -2.61. The molecule has 19 atom stereocenters. The average Bonchev–Trinajstić information content (AvgIpc) is 1.55. The van der Waals surface area contributed by atoms with Gasteiger partial charge in [-0.3, -0.25) is 14.4 Å². The summed E-state index contributed by atoms with van der Waals surface area (Å²) in [6, 6.07) is 9.09. The fourth-order valence-corrected chi connectivity index (χ4v) is 21.5. The zero-order chi connectivity index (χ0) is 86.2. The van der Waals surface area contributed by atoms with E-state index in [2.05, 4.69) is 63.0 Å². The third kappa shape index (κ3) is 16.3. The van der Waals surface area contributed by atoms with Crippen LogP contribution in [0.5, 0.6) is 34.5 Å². The first-order chi connectivity index (χ1) is 57.0. The van der Waals surface area contributed by atoms with E-state index in [-0.39, 0.29) is 137 Å². The van der Waals surface area contributed by atoms with Gasteiger partial charge in [-0.25, -0.2) is 19.2 Å². The largest absolute Gasteiger partial charge is 0.504 e. The number of esters is 6. The van der Waals surface area contributed by atoms with E-state index in [4.69, 9.17) is 54.1 Å². The third-order valence-electron chi connectivity index (χ3n) is 27.9. The average molecular weight is 1720 g/mol. The van der Waals surface area contributed by atoms with Gasteiger partial charge in [-0.05, 0) is 211 Å². The Balaban J connectivity index is 0.000000178. The first-order valence-electron chi connectivity index (χ1n) is 42.5. The molecule has 6 aliphatic carbocycles. The Kier molecular flexibility index (Phi) is 28.2. The number of carbonyl (C=O) groups is 7. The van der Waals surface area contributed by atoms with Gasteiger partial charge in [-0.15, -0.1) is 0 Å². The van der Waals surface area contributed by atoms with Crippen LogP contribution >= 0.6 is 0 Å². The second kappa shape index (κ2) is 36.7. The van der Waals surface area contributed by atoms with Crippen molar-refractivity contribution in [3.05, 3.63) is 130 Å². The Morgan fingerprint density at radius 2 is 0.943 bits per heavy atom. The van der Waals surface area contributed by atoms with Crippen LogP contribution in [0, 0.1) is 11.8 Å². The zero-order valence-corrected chi connectivity index (χ0v) is 70.4. The van der Waals surface area contributed by atoms with Crippen molar-refractivity contribution in [1.82, 2.24) is 36.0 Å². The van der Waals surface area contributed by atoms with Crippen molar-refractivity contribution in [2.24, 2.45) is 23.3 Å². The highest BCUT2D eigenvalue weighted by Crippen LogP contribution is 2.69. The number of phenols is 3. The maximum atomic E-state index is 13.1. The van der Waals surface area contributed by atoms with Crippen LogP contribution in [0.25, 0.3) is 0 Å². The summed E-state index contributed by atoms with van der Waals surface area (Å²) in [5, 5.41) is 80.7. The van der Waals surface area contributed by atoms with Crippen molar-refractivity contribution in [1.29, 1.82) is 0 Å². The molecule has 3 aromatic carbocycles. The summed E-state index contributed by atoms with van der Waals surface area (Å²) in [7, 11) is 6.01. The Morgan fingerprint density at radius 1 is 0.561 bits per heavy atom. The van der Waals surface area contributed by atoms with Gasteiger partial charge >= 0.3 is 35.8 Å². The normalized spacial score (nSPS) is 30.0. The molecule has 6 bridgehead atoms. The Bertz CT molecular complexity index is 4660. The van der Waals surface area contributed by atoms with Gasteiger partial charge in [0.15, 0.2) is 71.1 Å². The van der Waals surface area contributed by atoms with Crippen LogP contribution in [0.3, 0.4) is 0 Å². The van der Waals surface area contributed by atoms with Crippen molar-refractivity contribution in [3.8, 4) is 34.5 Å².